The molecular formula is C25H24O3S. The van der Waals surface area contributed by atoms with Crippen LogP contribution in [0.2, 0.25) is 0 Å². The normalized spacial score (nSPS) is 18.6. The maximum Gasteiger partial charge on any atom is 0.306 e. The van der Waals surface area contributed by atoms with Crippen molar-refractivity contribution < 1.29 is 14.3 Å². The van der Waals surface area contributed by atoms with Crippen molar-refractivity contribution in [1.29, 1.82) is 0 Å². The molecular weight excluding hydrogens is 380 g/mol. The van der Waals surface area contributed by atoms with Crippen LogP contribution in [0.4, 0.5) is 0 Å². The van der Waals surface area contributed by atoms with Crippen LogP contribution in [0.15, 0.2) is 60.0 Å². The molecule has 0 N–H and O–H groups in total. The largest absolute Gasteiger partial charge is 0.465 e. The van der Waals surface area contributed by atoms with Crippen LogP contribution >= 0.6 is 11.3 Å². The van der Waals surface area contributed by atoms with E-state index in [2.05, 4.69) is 66.9 Å². The van der Waals surface area contributed by atoms with Gasteiger partial charge in [-0.05, 0) is 45.2 Å². The zero-order chi connectivity index (χ0) is 19.8. The molecule has 2 atom stereocenters. The van der Waals surface area contributed by atoms with Gasteiger partial charge in [0, 0.05) is 17.2 Å². The average molecular weight is 405 g/mol. The molecule has 0 saturated carbocycles. The molecule has 0 fully saturated rings. The van der Waals surface area contributed by atoms with E-state index in [0.29, 0.717) is 13.0 Å². The van der Waals surface area contributed by atoms with Gasteiger partial charge in [0.25, 0.3) is 0 Å². The summed E-state index contributed by atoms with van der Waals surface area (Å²) in [5.74, 6) is 0.0562. The van der Waals surface area contributed by atoms with Crippen molar-refractivity contribution in [3.63, 3.8) is 0 Å². The summed E-state index contributed by atoms with van der Waals surface area (Å²) < 4.78 is 11.8. The molecule has 29 heavy (non-hydrogen) atoms. The summed E-state index contributed by atoms with van der Waals surface area (Å²) in [6.07, 6.45) is 1.34. The van der Waals surface area contributed by atoms with E-state index in [1.54, 1.807) is 11.3 Å². The Kier molecular flexibility index (Phi) is 4.98. The van der Waals surface area contributed by atoms with Gasteiger partial charge in [-0.15, -0.1) is 11.3 Å². The summed E-state index contributed by atoms with van der Waals surface area (Å²) in [6.45, 7) is 3.20. The third-order valence-corrected chi connectivity index (χ3v) is 7.09. The van der Waals surface area contributed by atoms with Crippen LogP contribution in [0.5, 0.6) is 0 Å². The fourth-order valence-corrected chi connectivity index (χ4v) is 5.59. The highest BCUT2D eigenvalue weighted by atomic mass is 32.1. The molecule has 0 radical (unpaired) electrons. The molecule has 2 aliphatic rings. The highest BCUT2D eigenvalue weighted by Crippen LogP contribution is 2.44. The maximum absolute atomic E-state index is 12.7. The van der Waals surface area contributed by atoms with Gasteiger partial charge in [-0.2, -0.15) is 0 Å². The lowest BCUT2D eigenvalue weighted by Crippen LogP contribution is -2.23. The smallest absolute Gasteiger partial charge is 0.306 e. The Morgan fingerprint density at radius 1 is 1.07 bits per heavy atom. The van der Waals surface area contributed by atoms with Crippen molar-refractivity contribution in [3.05, 3.63) is 81.5 Å². The highest BCUT2D eigenvalue weighted by Gasteiger charge is 2.31. The van der Waals surface area contributed by atoms with Crippen molar-refractivity contribution in [1.82, 2.24) is 0 Å². The molecule has 4 heteroatoms. The minimum atomic E-state index is -0.148. The second kappa shape index (κ2) is 7.77. The summed E-state index contributed by atoms with van der Waals surface area (Å²) in [5, 5.41) is 2.12. The van der Waals surface area contributed by atoms with E-state index in [-0.39, 0.29) is 23.9 Å². The van der Waals surface area contributed by atoms with E-state index in [1.807, 2.05) is 0 Å². The summed E-state index contributed by atoms with van der Waals surface area (Å²) in [5.41, 5.74) is 6.23. The van der Waals surface area contributed by atoms with E-state index < -0.39 is 0 Å². The first-order valence-corrected chi connectivity index (χ1v) is 11.1. The predicted octanol–water partition coefficient (Wildman–Crippen LogP) is 5.74. The maximum atomic E-state index is 12.7. The van der Waals surface area contributed by atoms with Gasteiger partial charge in [0.1, 0.15) is 6.61 Å². The Labute approximate surface area is 175 Å². The van der Waals surface area contributed by atoms with Gasteiger partial charge in [0.2, 0.25) is 0 Å². The van der Waals surface area contributed by atoms with Gasteiger partial charge >= 0.3 is 5.97 Å². The lowest BCUT2D eigenvalue weighted by atomic mass is 9.92. The molecule has 148 valence electrons. The van der Waals surface area contributed by atoms with E-state index >= 15 is 0 Å². The van der Waals surface area contributed by atoms with Crippen molar-refractivity contribution in [3.8, 4) is 11.1 Å². The molecule has 1 unspecified atom stereocenters. The van der Waals surface area contributed by atoms with Crippen molar-refractivity contribution in [2.24, 2.45) is 5.92 Å². The minimum absolute atomic E-state index is 0.00881. The van der Waals surface area contributed by atoms with E-state index in [4.69, 9.17) is 9.47 Å². The first-order chi connectivity index (χ1) is 14.2. The number of thiophene rings is 1. The van der Waals surface area contributed by atoms with Gasteiger partial charge in [-0.1, -0.05) is 55.5 Å². The Balaban J connectivity index is 1.26. The molecule has 0 spiro atoms. The fraction of sp³-hybridized carbons (Fsp3) is 0.320. The quantitative estimate of drug-likeness (QED) is 0.509. The lowest BCUT2D eigenvalue weighted by molar-refractivity contribution is -0.146. The van der Waals surface area contributed by atoms with Gasteiger partial charge in [-0.25, -0.2) is 0 Å². The Morgan fingerprint density at radius 2 is 1.76 bits per heavy atom. The number of carbonyl (C=O) groups is 1. The van der Waals surface area contributed by atoms with Crippen LogP contribution in [0.3, 0.4) is 0 Å². The van der Waals surface area contributed by atoms with Gasteiger partial charge in [0.05, 0.1) is 19.1 Å². The second-order valence-electron chi connectivity index (χ2n) is 7.93. The van der Waals surface area contributed by atoms with Gasteiger partial charge in [0.15, 0.2) is 0 Å². The third kappa shape index (κ3) is 3.41. The summed E-state index contributed by atoms with van der Waals surface area (Å²) in [6, 6.07) is 19.0. The average Bonchev–Trinajstić information content (AvgIpc) is 3.35. The Morgan fingerprint density at radius 3 is 2.48 bits per heavy atom. The molecule has 1 aliphatic carbocycles. The second-order valence-corrected chi connectivity index (χ2v) is 8.93. The number of hydrogen-bond acceptors (Lipinski definition) is 4. The van der Waals surface area contributed by atoms with E-state index in [9.17, 15) is 4.79 Å². The number of fused-ring (bicyclic) bond motifs is 4. The van der Waals surface area contributed by atoms with Crippen LogP contribution in [0.25, 0.3) is 11.1 Å². The predicted molar refractivity (Wildman–Crippen MR) is 115 cm³/mol. The molecule has 2 heterocycles. The molecule has 3 aromatic rings. The number of benzene rings is 2. The van der Waals surface area contributed by atoms with E-state index in [1.165, 1.54) is 32.7 Å². The molecule has 3 nitrogen and oxygen atoms in total. The number of carbonyl (C=O) groups excluding carboxylic acids is 1. The molecule has 0 saturated heterocycles. The van der Waals surface area contributed by atoms with Crippen LogP contribution in [-0.2, 0) is 20.7 Å². The summed E-state index contributed by atoms with van der Waals surface area (Å²) in [4.78, 5) is 14.0. The standard InChI is InChI=1S/C25H24O3S/c1-16(25-21-11-13-29-23(21)10-12-27-25)14-24(26)28-15-22-19-8-4-2-6-17(19)18-7-3-5-9-20(18)22/h2-9,11,13,16,22,25H,10,12,14-15H2,1H3/t16-,25?/m1/s1. The Bertz CT molecular complexity index is 992. The van der Waals surface area contributed by atoms with Crippen LogP contribution in [0, 0.1) is 5.92 Å². The summed E-state index contributed by atoms with van der Waals surface area (Å²) >= 11 is 1.78. The lowest BCUT2D eigenvalue weighted by Gasteiger charge is -2.28. The molecule has 1 aliphatic heterocycles. The highest BCUT2D eigenvalue weighted by molar-refractivity contribution is 7.10. The molecule has 5 rings (SSSR count). The molecule has 2 aromatic carbocycles. The topological polar surface area (TPSA) is 35.5 Å². The van der Waals surface area contributed by atoms with Crippen molar-refractivity contribution >= 4 is 17.3 Å². The molecule has 1 aromatic heterocycles. The summed E-state index contributed by atoms with van der Waals surface area (Å²) in [7, 11) is 0. The third-order valence-electron chi connectivity index (χ3n) is 6.09. The molecule has 0 bridgehead atoms. The van der Waals surface area contributed by atoms with Gasteiger partial charge in [-0.3, -0.25) is 4.79 Å². The number of hydrogen-bond donors (Lipinski definition) is 0. The SMILES string of the molecule is C[C@H](CC(=O)OCC1c2ccccc2-c2ccccc21)C1OCCc2sccc21. The van der Waals surface area contributed by atoms with Crippen molar-refractivity contribution in [2.75, 3.05) is 13.2 Å². The monoisotopic (exact) mass is 404 g/mol. The van der Waals surface area contributed by atoms with Gasteiger partial charge < -0.3 is 9.47 Å². The zero-order valence-electron chi connectivity index (χ0n) is 16.5. The van der Waals surface area contributed by atoms with E-state index in [0.717, 1.165) is 13.0 Å². The number of ether oxygens (including phenoxy) is 2. The number of esters is 1. The van der Waals surface area contributed by atoms with Crippen molar-refractivity contribution in [2.45, 2.75) is 31.8 Å². The van der Waals surface area contributed by atoms with Crippen LogP contribution in [0.1, 0.15) is 46.9 Å². The Hall–Kier alpha value is -2.43. The number of rotatable bonds is 5. The minimum Gasteiger partial charge on any atom is -0.465 e. The fourth-order valence-electron chi connectivity index (χ4n) is 4.69. The first kappa shape index (κ1) is 18.6. The van der Waals surface area contributed by atoms with Crippen LogP contribution < -0.4 is 0 Å². The zero-order valence-corrected chi connectivity index (χ0v) is 17.3. The van der Waals surface area contributed by atoms with Crippen LogP contribution in [-0.4, -0.2) is 19.2 Å². The first-order valence-electron chi connectivity index (χ1n) is 10.2. The molecule has 0 amide bonds.